The molecule has 0 aliphatic carbocycles. The summed E-state index contributed by atoms with van der Waals surface area (Å²) in [6.45, 7) is 6.48. The number of rotatable bonds is 3. The summed E-state index contributed by atoms with van der Waals surface area (Å²) in [4.78, 5) is 0.346. The fraction of sp³-hybridized carbons (Fsp3) is 0.571. The first-order chi connectivity index (χ1) is 9.34. The van der Waals surface area contributed by atoms with Gasteiger partial charge in [0.25, 0.3) is 0 Å². The van der Waals surface area contributed by atoms with Crippen LogP contribution < -0.4 is 5.73 Å². The van der Waals surface area contributed by atoms with Crippen LogP contribution in [0.3, 0.4) is 0 Å². The molecule has 3 atom stereocenters. The molecule has 1 aromatic rings. The fourth-order valence-electron chi connectivity index (χ4n) is 2.34. The number of benzene rings is 1. The Kier molecular flexibility index (Phi) is 4.79. The Hall–Kier alpha value is -0.560. The maximum Gasteiger partial charge on any atom is 0.243 e. The minimum atomic E-state index is -3.44. The van der Waals surface area contributed by atoms with E-state index in [9.17, 15) is 8.42 Å². The number of sulfonamides is 1. The van der Waals surface area contributed by atoms with Gasteiger partial charge in [0, 0.05) is 29.6 Å². The summed E-state index contributed by atoms with van der Waals surface area (Å²) in [5, 5.41) is 0.315. The maximum atomic E-state index is 12.8. The van der Waals surface area contributed by atoms with Gasteiger partial charge in [-0.1, -0.05) is 19.1 Å². The van der Waals surface area contributed by atoms with Crippen molar-refractivity contribution in [2.45, 2.75) is 43.0 Å². The molecular formula is C14H22N2O2S2. The Bertz CT molecular complexity index is 572. The molecule has 1 fully saturated rings. The zero-order valence-corrected chi connectivity index (χ0v) is 13.7. The molecule has 4 nitrogen and oxygen atoms in total. The molecule has 0 radical (unpaired) electrons. The van der Waals surface area contributed by atoms with Crippen molar-refractivity contribution >= 4 is 21.8 Å². The molecule has 1 heterocycles. The highest BCUT2D eigenvalue weighted by Gasteiger charge is 2.34. The quantitative estimate of drug-likeness (QED) is 0.929. The summed E-state index contributed by atoms with van der Waals surface area (Å²) in [5.41, 5.74) is 6.69. The molecule has 0 bridgehead atoms. The largest absolute Gasteiger partial charge is 0.324 e. The molecule has 3 unspecified atom stereocenters. The lowest BCUT2D eigenvalue weighted by molar-refractivity contribution is 0.340. The molecule has 1 aliphatic rings. The summed E-state index contributed by atoms with van der Waals surface area (Å²) in [6.07, 6.45) is 0. The molecule has 0 aromatic heterocycles. The highest BCUT2D eigenvalue weighted by Crippen LogP contribution is 2.29. The van der Waals surface area contributed by atoms with E-state index in [1.54, 1.807) is 22.5 Å². The lowest BCUT2D eigenvalue weighted by atomic mass is 10.1. The smallest absolute Gasteiger partial charge is 0.243 e. The molecular weight excluding hydrogens is 292 g/mol. The maximum absolute atomic E-state index is 12.8. The van der Waals surface area contributed by atoms with Crippen LogP contribution in [0.15, 0.2) is 29.2 Å². The molecule has 20 heavy (non-hydrogen) atoms. The standard InChI is InChI=1S/C14H22N2O2S2/c1-10(15)13-5-4-6-14(9-13)20(17,18)16-7-8-19-12(3)11(16)2/h4-6,9-12H,7-8,15H2,1-3H3. The van der Waals surface area contributed by atoms with Crippen LogP contribution in [-0.4, -0.2) is 36.3 Å². The summed E-state index contributed by atoms with van der Waals surface area (Å²) in [7, 11) is -3.44. The Labute approximate surface area is 125 Å². The topological polar surface area (TPSA) is 63.4 Å². The average molecular weight is 314 g/mol. The van der Waals surface area contributed by atoms with Gasteiger partial charge >= 0.3 is 0 Å². The normalized spacial score (nSPS) is 26.4. The minimum Gasteiger partial charge on any atom is -0.324 e. The molecule has 1 saturated heterocycles. The summed E-state index contributed by atoms with van der Waals surface area (Å²) in [5.74, 6) is 0.845. The van der Waals surface area contributed by atoms with Gasteiger partial charge in [-0.2, -0.15) is 16.1 Å². The van der Waals surface area contributed by atoms with E-state index in [-0.39, 0.29) is 12.1 Å². The first-order valence-corrected chi connectivity index (χ1v) is 9.32. The van der Waals surface area contributed by atoms with E-state index in [4.69, 9.17) is 5.73 Å². The van der Waals surface area contributed by atoms with Crippen LogP contribution in [0.25, 0.3) is 0 Å². The zero-order valence-electron chi connectivity index (χ0n) is 12.1. The fourth-order valence-corrected chi connectivity index (χ4v) is 5.39. The second-order valence-corrected chi connectivity index (χ2v) is 8.67. The van der Waals surface area contributed by atoms with Gasteiger partial charge in [-0.05, 0) is 31.5 Å². The van der Waals surface area contributed by atoms with Crippen molar-refractivity contribution in [1.82, 2.24) is 4.31 Å². The number of hydrogen-bond acceptors (Lipinski definition) is 4. The van der Waals surface area contributed by atoms with Gasteiger partial charge < -0.3 is 5.73 Å². The lowest BCUT2D eigenvalue weighted by Gasteiger charge is -2.36. The number of thioether (sulfide) groups is 1. The number of nitrogens with two attached hydrogens (primary N) is 1. The highest BCUT2D eigenvalue weighted by molar-refractivity contribution is 8.00. The Balaban J connectivity index is 2.37. The molecule has 0 spiro atoms. The van der Waals surface area contributed by atoms with Crippen molar-refractivity contribution in [3.8, 4) is 0 Å². The Morgan fingerprint density at radius 2 is 2.10 bits per heavy atom. The summed E-state index contributed by atoms with van der Waals surface area (Å²) in [6, 6.07) is 6.82. The van der Waals surface area contributed by atoms with Crippen molar-refractivity contribution < 1.29 is 8.42 Å². The lowest BCUT2D eigenvalue weighted by Crippen LogP contribution is -2.47. The predicted molar refractivity (Wildman–Crippen MR) is 84.3 cm³/mol. The van der Waals surface area contributed by atoms with Crippen LogP contribution in [0.4, 0.5) is 0 Å². The van der Waals surface area contributed by atoms with Crippen molar-refractivity contribution in [2.24, 2.45) is 5.73 Å². The highest BCUT2D eigenvalue weighted by atomic mass is 32.2. The SMILES string of the molecule is CC(N)c1cccc(S(=O)(=O)N2CCSC(C)C2C)c1. The van der Waals surface area contributed by atoms with Crippen LogP contribution in [0.5, 0.6) is 0 Å². The van der Waals surface area contributed by atoms with Crippen LogP contribution in [0, 0.1) is 0 Å². The van der Waals surface area contributed by atoms with Gasteiger partial charge in [0.05, 0.1) is 4.90 Å². The van der Waals surface area contributed by atoms with Crippen molar-refractivity contribution in [3.05, 3.63) is 29.8 Å². The minimum absolute atomic E-state index is 0.0118. The average Bonchev–Trinajstić information content (AvgIpc) is 2.41. The van der Waals surface area contributed by atoms with E-state index in [1.807, 2.05) is 31.7 Å². The monoisotopic (exact) mass is 314 g/mol. The zero-order chi connectivity index (χ0) is 14.9. The van der Waals surface area contributed by atoms with Crippen LogP contribution in [0.1, 0.15) is 32.4 Å². The van der Waals surface area contributed by atoms with Gasteiger partial charge in [-0.3, -0.25) is 0 Å². The second-order valence-electron chi connectivity index (χ2n) is 5.29. The number of nitrogens with zero attached hydrogens (tertiary/aromatic N) is 1. The van der Waals surface area contributed by atoms with Gasteiger partial charge in [0.1, 0.15) is 0 Å². The van der Waals surface area contributed by atoms with Gasteiger partial charge in [0.15, 0.2) is 0 Å². The van der Waals surface area contributed by atoms with E-state index in [0.717, 1.165) is 11.3 Å². The molecule has 0 amide bonds. The van der Waals surface area contributed by atoms with Crippen molar-refractivity contribution in [2.75, 3.05) is 12.3 Å². The number of hydrogen-bond donors (Lipinski definition) is 1. The van der Waals surface area contributed by atoms with Crippen molar-refractivity contribution in [3.63, 3.8) is 0 Å². The molecule has 6 heteroatoms. The molecule has 2 rings (SSSR count). The first kappa shape index (κ1) is 15.8. The molecule has 0 saturated carbocycles. The third kappa shape index (κ3) is 3.03. The summed E-state index contributed by atoms with van der Waals surface area (Å²) >= 11 is 1.82. The van der Waals surface area contributed by atoms with Gasteiger partial charge in [-0.25, -0.2) is 8.42 Å². The van der Waals surface area contributed by atoms with Gasteiger partial charge in [-0.15, -0.1) is 0 Å². The van der Waals surface area contributed by atoms with E-state index in [1.165, 1.54) is 0 Å². The van der Waals surface area contributed by atoms with Crippen molar-refractivity contribution in [1.29, 1.82) is 0 Å². The van der Waals surface area contributed by atoms with Crippen LogP contribution in [0.2, 0.25) is 0 Å². The third-order valence-electron chi connectivity index (χ3n) is 3.82. The Morgan fingerprint density at radius 1 is 1.40 bits per heavy atom. The molecule has 112 valence electrons. The summed E-state index contributed by atoms with van der Waals surface area (Å²) < 4.78 is 27.2. The second kappa shape index (κ2) is 6.05. The molecule has 1 aromatic carbocycles. The van der Waals surface area contributed by atoms with E-state index in [2.05, 4.69) is 6.92 Å². The predicted octanol–water partition coefficient (Wildman–Crippen LogP) is 2.22. The third-order valence-corrected chi connectivity index (χ3v) is 7.14. The molecule has 2 N–H and O–H groups in total. The van der Waals surface area contributed by atoms with E-state index < -0.39 is 10.0 Å². The Morgan fingerprint density at radius 3 is 2.75 bits per heavy atom. The van der Waals surface area contributed by atoms with E-state index >= 15 is 0 Å². The van der Waals surface area contributed by atoms with Gasteiger partial charge in [0.2, 0.25) is 10.0 Å². The van der Waals surface area contributed by atoms with Crippen LogP contribution in [-0.2, 0) is 10.0 Å². The van der Waals surface area contributed by atoms with E-state index in [0.29, 0.717) is 16.7 Å². The molecule has 1 aliphatic heterocycles. The first-order valence-electron chi connectivity index (χ1n) is 6.83. The van der Waals surface area contributed by atoms with Crippen LogP contribution >= 0.6 is 11.8 Å².